The molecule has 2 atom stereocenters. The zero-order valence-electron chi connectivity index (χ0n) is 34.6. The summed E-state index contributed by atoms with van der Waals surface area (Å²) in [6.45, 7) is 12.2. The van der Waals surface area contributed by atoms with E-state index in [1.54, 1.807) is 32.0 Å². The van der Waals surface area contributed by atoms with Crippen LogP contribution in [0.15, 0.2) is 54.7 Å². The molecule has 4 amide bonds. The fraction of sp³-hybridized carbons (Fsp3) is 0.500. The van der Waals surface area contributed by atoms with Gasteiger partial charge in [-0.3, -0.25) is 34.1 Å². The summed E-state index contributed by atoms with van der Waals surface area (Å²) in [7, 11) is 0. The van der Waals surface area contributed by atoms with E-state index in [4.69, 9.17) is 5.10 Å². The fourth-order valence-corrected chi connectivity index (χ4v) is 9.57. The number of pyridine rings is 1. The molecule has 3 fully saturated rings. The number of likely N-dealkylation sites (tertiary alicyclic amines) is 1. The van der Waals surface area contributed by atoms with Crippen LogP contribution in [-0.2, 0) is 21.4 Å². The number of nitrogens with zero attached hydrogens (tertiary/aromatic N) is 6. The summed E-state index contributed by atoms with van der Waals surface area (Å²) in [4.78, 5) is 60.0. The van der Waals surface area contributed by atoms with Gasteiger partial charge in [-0.2, -0.15) is 18.3 Å². The maximum Gasteiger partial charge on any atom is 0.433 e. The molecule has 2 unspecified atom stereocenters. The number of aliphatic hydroxyl groups excluding tert-OH is 1. The Kier molecular flexibility index (Phi) is 11.0. The van der Waals surface area contributed by atoms with Crippen molar-refractivity contribution in [3.8, 4) is 0 Å². The zero-order valence-corrected chi connectivity index (χ0v) is 34.6. The second-order valence-electron chi connectivity index (χ2n) is 18.1. The monoisotopic (exact) mass is 844 g/mol. The molecule has 0 radical (unpaired) electrons. The Balaban J connectivity index is 0.868. The SMILES string of the molecule is CC(C)(O)c1cc2nn(C3CCN(CC(C)(C)C4CCN(c5ccc6c(c5)C(O)N(C5CCC(=O)NC5=O)C6=O)CC4)CC3)cc2cc1NC(=O)c1cccc(C(F)(F)F)n1. The number of halogens is 3. The first-order valence-electron chi connectivity index (χ1n) is 20.8. The number of piperidine rings is 3. The molecule has 8 rings (SSSR count). The van der Waals surface area contributed by atoms with Crippen LogP contribution in [0.3, 0.4) is 0 Å². The lowest BCUT2D eigenvalue weighted by Gasteiger charge is -2.45. The van der Waals surface area contributed by atoms with Crippen molar-refractivity contribution in [1.29, 1.82) is 0 Å². The largest absolute Gasteiger partial charge is 0.433 e. The van der Waals surface area contributed by atoms with Crippen LogP contribution in [0.1, 0.15) is 116 Å². The molecule has 4 aliphatic heterocycles. The van der Waals surface area contributed by atoms with Crippen LogP contribution in [0.5, 0.6) is 0 Å². The highest BCUT2D eigenvalue weighted by Gasteiger charge is 2.45. The van der Waals surface area contributed by atoms with E-state index in [9.17, 15) is 42.6 Å². The van der Waals surface area contributed by atoms with Crippen molar-refractivity contribution in [3.05, 3.63) is 82.8 Å². The topological polar surface area (TPSA) is 173 Å². The number of carbonyl (C=O) groups is 4. The maximum atomic E-state index is 13.3. The van der Waals surface area contributed by atoms with Gasteiger partial charge in [0, 0.05) is 78.8 Å². The van der Waals surface area contributed by atoms with Crippen LogP contribution < -0.4 is 15.5 Å². The third-order valence-electron chi connectivity index (χ3n) is 13.0. The highest BCUT2D eigenvalue weighted by atomic mass is 19.4. The summed E-state index contributed by atoms with van der Waals surface area (Å²) in [6.07, 6.45) is -0.0604. The number of hydrogen-bond donors (Lipinski definition) is 4. The summed E-state index contributed by atoms with van der Waals surface area (Å²) in [6, 6.07) is 11.2. The molecule has 4 N–H and O–H groups in total. The Morgan fingerprint density at radius 1 is 0.934 bits per heavy atom. The number of alkyl halides is 3. The van der Waals surface area contributed by atoms with E-state index in [0.717, 1.165) is 76.2 Å². The van der Waals surface area contributed by atoms with Gasteiger partial charge in [-0.15, -0.1) is 0 Å². The first-order valence-corrected chi connectivity index (χ1v) is 20.8. The lowest BCUT2D eigenvalue weighted by molar-refractivity contribution is -0.141. The Morgan fingerprint density at radius 3 is 2.33 bits per heavy atom. The summed E-state index contributed by atoms with van der Waals surface area (Å²) in [5.74, 6) is -1.71. The molecular weight excluding hydrogens is 794 g/mol. The third-order valence-corrected chi connectivity index (χ3v) is 13.0. The molecule has 0 bridgehead atoms. The lowest BCUT2D eigenvalue weighted by Crippen LogP contribution is -2.53. The van der Waals surface area contributed by atoms with Crippen LogP contribution in [0, 0.1) is 11.3 Å². The lowest BCUT2D eigenvalue weighted by atomic mass is 9.73. The van der Waals surface area contributed by atoms with Crippen LogP contribution in [0.4, 0.5) is 24.5 Å². The average molecular weight is 845 g/mol. The van der Waals surface area contributed by atoms with E-state index in [2.05, 4.69) is 39.3 Å². The van der Waals surface area contributed by atoms with E-state index in [0.29, 0.717) is 33.5 Å². The van der Waals surface area contributed by atoms with E-state index in [-0.39, 0.29) is 35.9 Å². The van der Waals surface area contributed by atoms with Crippen LogP contribution >= 0.6 is 0 Å². The minimum absolute atomic E-state index is 0.0419. The van der Waals surface area contributed by atoms with Gasteiger partial charge in [-0.1, -0.05) is 19.9 Å². The standard InChI is InChI=1S/C44H51F3N8O6/c1-42(2,26-12-18-53(19-13-26)28-8-9-29-30(21-28)41(60)55(40(29)59)35-10-11-37(56)50-39(35)58)24-52-16-14-27(15-17-52)54-23-25-20-34(31(43(3,4)61)22-33(25)51-54)49-38(57)32-6-5-7-36(48-32)44(45,46)47/h5-9,20-23,26-27,35,41,60-61H,10-19,24H2,1-4H3,(H,49,57)(H,50,56,58). The molecule has 0 saturated carbocycles. The number of aromatic nitrogens is 3. The summed E-state index contributed by atoms with van der Waals surface area (Å²) < 4.78 is 41.8. The van der Waals surface area contributed by atoms with Gasteiger partial charge in [0.05, 0.1) is 17.2 Å². The second-order valence-corrected chi connectivity index (χ2v) is 18.1. The highest BCUT2D eigenvalue weighted by Crippen LogP contribution is 2.41. The number of benzene rings is 2. The number of anilines is 2. The Labute approximate surface area is 351 Å². The van der Waals surface area contributed by atoms with Crippen molar-refractivity contribution in [2.45, 2.75) is 96.3 Å². The van der Waals surface area contributed by atoms with Gasteiger partial charge in [0.1, 0.15) is 17.4 Å². The molecular formula is C44H51F3N8O6. The number of imide groups is 1. The fourth-order valence-electron chi connectivity index (χ4n) is 9.57. The number of carbonyl (C=O) groups excluding carboxylic acids is 4. The van der Waals surface area contributed by atoms with Crippen LogP contribution in [-0.4, -0.2) is 97.2 Å². The number of rotatable bonds is 9. The van der Waals surface area contributed by atoms with Gasteiger partial charge in [-0.05, 0) is 99.7 Å². The van der Waals surface area contributed by atoms with E-state index in [1.807, 2.05) is 23.0 Å². The molecule has 17 heteroatoms. The van der Waals surface area contributed by atoms with Gasteiger partial charge < -0.3 is 25.3 Å². The van der Waals surface area contributed by atoms with Crippen molar-refractivity contribution in [3.63, 3.8) is 0 Å². The highest BCUT2D eigenvalue weighted by molar-refractivity contribution is 6.06. The molecule has 324 valence electrons. The number of hydrogen-bond acceptors (Lipinski definition) is 10. The Morgan fingerprint density at radius 2 is 1.66 bits per heavy atom. The zero-order chi connectivity index (χ0) is 43.6. The normalized spacial score (nSPS) is 21.3. The van der Waals surface area contributed by atoms with E-state index in [1.165, 1.54) is 11.0 Å². The first-order chi connectivity index (χ1) is 28.8. The summed E-state index contributed by atoms with van der Waals surface area (Å²) >= 11 is 0. The van der Waals surface area contributed by atoms with Crippen LogP contribution in [0.2, 0.25) is 0 Å². The molecule has 0 aliphatic carbocycles. The average Bonchev–Trinajstić information content (AvgIpc) is 3.74. The van der Waals surface area contributed by atoms with Crippen molar-refractivity contribution in [1.82, 2.24) is 29.9 Å². The van der Waals surface area contributed by atoms with Crippen molar-refractivity contribution in [2.24, 2.45) is 11.3 Å². The van der Waals surface area contributed by atoms with Crippen molar-refractivity contribution in [2.75, 3.05) is 42.9 Å². The number of amides is 4. The van der Waals surface area contributed by atoms with E-state index < -0.39 is 53.2 Å². The van der Waals surface area contributed by atoms with Crippen molar-refractivity contribution >= 4 is 45.9 Å². The minimum Gasteiger partial charge on any atom is -0.386 e. The van der Waals surface area contributed by atoms with Crippen LogP contribution in [0.25, 0.3) is 10.9 Å². The van der Waals surface area contributed by atoms with Gasteiger partial charge in [0.15, 0.2) is 6.23 Å². The van der Waals surface area contributed by atoms with Gasteiger partial charge in [-0.25, -0.2) is 4.98 Å². The van der Waals surface area contributed by atoms with Gasteiger partial charge >= 0.3 is 6.18 Å². The van der Waals surface area contributed by atoms with Gasteiger partial charge in [0.25, 0.3) is 11.8 Å². The quantitative estimate of drug-likeness (QED) is 0.152. The summed E-state index contributed by atoms with van der Waals surface area (Å²) in [5.41, 5.74) is 0.0969. The van der Waals surface area contributed by atoms with E-state index >= 15 is 0 Å². The number of nitrogens with one attached hydrogen (secondary N) is 2. The third kappa shape index (κ3) is 8.47. The summed E-state index contributed by atoms with van der Waals surface area (Å²) in [5, 5.41) is 32.7. The second kappa shape index (κ2) is 15.8. The minimum atomic E-state index is -4.70. The molecule has 3 saturated heterocycles. The van der Waals surface area contributed by atoms with Crippen molar-refractivity contribution < 1.29 is 42.6 Å². The molecule has 0 spiro atoms. The smallest absolute Gasteiger partial charge is 0.386 e. The maximum absolute atomic E-state index is 13.3. The first kappa shape index (κ1) is 42.3. The predicted octanol–water partition coefficient (Wildman–Crippen LogP) is 5.76. The number of aliphatic hydroxyl groups is 2. The Hall–Kier alpha value is -5.39. The molecule has 4 aliphatic rings. The molecule has 2 aromatic carbocycles. The van der Waals surface area contributed by atoms with Gasteiger partial charge in [0.2, 0.25) is 11.8 Å². The molecule has 2 aromatic heterocycles. The molecule has 6 heterocycles. The molecule has 4 aromatic rings. The Bertz CT molecular complexity index is 2380. The molecule has 61 heavy (non-hydrogen) atoms. The number of fused-ring (bicyclic) bond motifs is 2. The predicted molar refractivity (Wildman–Crippen MR) is 219 cm³/mol. The molecule has 14 nitrogen and oxygen atoms in total.